The van der Waals surface area contributed by atoms with Crippen molar-refractivity contribution in [3.05, 3.63) is 66.0 Å². The van der Waals surface area contributed by atoms with Crippen molar-refractivity contribution in [3.63, 3.8) is 0 Å². The van der Waals surface area contributed by atoms with Crippen LogP contribution in [0.2, 0.25) is 0 Å². The molecule has 0 aliphatic rings. The Kier molecular flexibility index (Phi) is 4.50. The van der Waals surface area contributed by atoms with E-state index in [1.807, 2.05) is 49.4 Å². The zero-order valence-electron chi connectivity index (χ0n) is 10.7. The van der Waals surface area contributed by atoms with Crippen LogP contribution in [0.25, 0.3) is 0 Å². The summed E-state index contributed by atoms with van der Waals surface area (Å²) in [5.74, 6) is 0. The molecule has 0 spiro atoms. The summed E-state index contributed by atoms with van der Waals surface area (Å²) >= 11 is 0. The maximum absolute atomic E-state index is 11.6. The highest BCUT2D eigenvalue weighted by atomic mass is 16.5. The molecule has 1 aromatic heterocycles. The molecule has 1 amide bonds. The lowest BCUT2D eigenvalue weighted by Crippen LogP contribution is -2.27. The first kappa shape index (κ1) is 13.1. The molecule has 4 heteroatoms. The molecule has 2 aromatic rings. The number of hydrogen-bond acceptors (Lipinski definition) is 3. The molecule has 4 nitrogen and oxygen atoms in total. The number of carbonyl (C=O) groups excluding carboxylic acids is 1. The molecule has 98 valence electrons. The highest BCUT2D eigenvalue weighted by molar-refractivity contribution is 5.67. The first-order valence-electron chi connectivity index (χ1n) is 6.13. The van der Waals surface area contributed by atoms with E-state index in [1.165, 1.54) is 0 Å². The van der Waals surface area contributed by atoms with E-state index in [0.29, 0.717) is 0 Å². The van der Waals surface area contributed by atoms with E-state index in [-0.39, 0.29) is 12.6 Å². The molecule has 0 unspecified atom stereocenters. The summed E-state index contributed by atoms with van der Waals surface area (Å²) in [4.78, 5) is 15.6. The topological polar surface area (TPSA) is 51.2 Å². The Bertz CT molecular complexity index is 514. The Hall–Kier alpha value is -2.36. The van der Waals surface area contributed by atoms with Crippen LogP contribution < -0.4 is 5.32 Å². The van der Waals surface area contributed by atoms with Crippen LogP contribution in [0, 0.1) is 0 Å². The van der Waals surface area contributed by atoms with E-state index < -0.39 is 6.09 Å². The number of pyridine rings is 1. The highest BCUT2D eigenvalue weighted by Crippen LogP contribution is 2.11. The van der Waals surface area contributed by atoms with E-state index in [9.17, 15) is 4.79 Å². The SMILES string of the molecule is C[C@H](NC(=O)OCc1cccnc1)c1ccccc1. The van der Waals surface area contributed by atoms with Crippen molar-refractivity contribution in [2.75, 3.05) is 0 Å². The van der Waals surface area contributed by atoms with Crippen LogP contribution in [-0.2, 0) is 11.3 Å². The first-order valence-corrected chi connectivity index (χ1v) is 6.13. The number of hydrogen-bond donors (Lipinski definition) is 1. The summed E-state index contributed by atoms with van der Waals surface area (Å²) in [6.07, 6.45) is 2.93. The number of benzene rings is 1. The number of carbonyl (C=O) groups is 1. The van der Waals surface area contributed by atoms with Crippen LogP contribution in [0.5, 0.6) is 0 Å². The number of aromatic nitrogens is 1. The molecular weight excluding hydrogens is 240 g/mol. The lowest BCUT2D eigenvalue weighted by Gasteiger charge is -2.14. The van der Waals surface area contributed by atoms with Gasteiger partial charge in [-0.05, 0) is 18.6 Å². The minimum atomic E-state index is -0.430. The fourth-order valence-corrected chi connectivity index (χ4v) is 1.68. The van der Waals surface area contributed by atoms with Crippen molar-refractivity contribution in [2.45, 2.75) is 19.6 Å². The van der Waals surface area contributed by atoms with E-state index in [4.69, 9.17) is 4.74 Å². The zero-order valence-corrected chi connectivity index (χ0v) is 10.7. The number of nitrogens with zero attached hydrogens (tertiary/aromatic N) is 1. The van der Waals surface area contributed by atoms with Crippen LogP contribution in [0.15, 0.2) is 54.9 Å². The van der Waals surface area contributed by atoms with Crippen molar-refractivity contribution >= 4 is 6.09 Å². The molecule has 0 saturated heterocycles. The van der Waals surface area contributed by atoms with Crippen molar-refractivity contribution in [1.29, 1.82) is 0 Å². The van der Waals surface area contributed by atoms with Crippen LogP contribution >= 0.6 is 0 Å². The van der Waals surface area contributed by atoms with E-state index in [0.717, 1.165) is 11.1 Å². The van der Waals surface area contributed by atoms with Crippen molar-refractivity contribution < 1.29 is 9.53 Å². The lowest BCUT2D eigenvalue weighted by atomic mass is 10.1. The summed E-state index contributed by atoms with van der Waals surface area (Å²) in [5, 5.41) is 2.78. The van der Waals surface area contributed by atoms with Gasteiger partial charge in [-0.25, -0.2) is 4.79 Å². The molecular formula is C15H16N2O2. The van der Waals surface area contributed by atoms with Crippen LogP contribution in [0.3, 0.4) is 0 Å². The quantitative estimate of drug-likeness (QED) is 0.914. The zero-order chi connectivity index (χ0) is 13.5. The third kappa shape index (κ3) is 4.10. The Labute approximate surface area is 112 Å². The predicted molar refractivity (Wildman–Crippen MR) is 72.4 cm³/mol. The van der Waals surface area contributed by atoms with Crippen molar-refractivity contribution in [1.82, 2.24) is 10.3 Å². The molecule has 2 rings (SSSR count). The fourth-order valence-electron chi connectivity index (χ4n) is 1.68. The second-order valence-electron chi connectivity index (χ2n) is 4.21. The molecule has 0 radical (unpaired) electrons. The predicted octanol–water partition coefficient (Wildman–Crippen LogP) is 3.07. The Morgan fingerprint density at radius 3 is 2.74 bits per heavy atom. The van der Waals surface area contributed by atoms with Gasteiger partial charge in [-0.1, -0.05) is 36.4 Å². The summed E-state index contributed by atoms with van der Waals surface area (Å²) < 4.78 is 5.13. The van der Waals surface area contributed by atoms with Gasteiger partial charge in [0.25, 0.3) is 0 Å². The fraction of sp³-hybridized carbons (Fsp3) is 0.200. The average Bonchev–Trinajstić information content (AvgIpc) is 2.47. The molecule has 0 fully saturated rings. The molecule has 1 N–H and O–H groups in total. The Morgan fingerprint density at radius 1 is 1.26 bits per heavy atom. The minimum Gasteiger partial charge on any atom is -0.445 e. The van der Waals surface area contributed by atoms with Gasteiger partial charge >= 0.3 is 6.09 Å². The van der Waals surface area contributed by atoms with Gasteiger partial charge in [0.15, 0.2) is 0 Å². The first-order chi connectivity index (χ1) is 9.25. The van der Waals surface area contributed by atoms with Gasteiger partial charge in [0.2, 0.25) is 0 Å². The summed E-state index contributed by atoms with van der Waals surface area (Å²) in [7, 11) is 0. The standard InChI is InChI=1S/C15H16N2O2/c1-12(14-7-3-2-4-8-14)17-15(18)19-11-13-6-5-9-16-10-13/h2-10,12H,11H2,1H3,(H,17,18)/t12-/m0/s1. The molecule has 0 aliphatic carbocycles. The number of ether oxygens (including phenoxy) is 1. The normalized spacial score (nSPS) is 11.6. The molecule has 0 aliphatic heterocycles. The summed E-state index contributed by atoms with van der Waals surface area (Å²) in [5.41, 5.74) is 1.91. The van der Waals surface area contributed by atoms with Crippen LogP contribution in [0.1, 0.15) is 24.1 Å². The van der Waals surface area contributed by atoms with Gasteiger partial charge < -0.3 is 10.1 Å². The monoisotopic (exact) mass is 256 g/mol. The van der Waals surface area contributed by atoms with E-state index >= 15 is 0 Å². The Balaban J connectivity index is 1.82. The van der Waals surface area contributed by atoms with Gasteiger partial charge in [0.1, 0.15) is 6.61 Å². The smallest absolute Gasteiger partial charge is 0.407 e. The maximum atomic E-state index is 11.6. The number of alkyl carbamates (subject to hydrolysis) is 1. The molecule has 1 aromatic carbocycles. The highest BCUT2D eigenvalue weighted by Gasteiger charge is 2.09. The van der Waals surface area contributed by atoms with Crippen molar-refractivity contribution in [3.8, 4) is 0 Å². The second kappa shape index (κ2) is 6.54. The number of rotatable bonds is 4. The number of nitrogens with one attached hydrogen (secondary N) is 1. The van der Waals surface area contributed by atoms with Gasteiger partial charge in [-0.15, -0.1) is 0 Å². The largest absolute Gasteiger partial charge is 0.445 e. The molecule has 1 heterocycles. The lowest BCUT2D eigenvalue weighted by molar-refractivity contribution is 0.136. The van der Waals surface area contributed by atoms with Crippen molar-refractivity contribution in [2.24, 2.45) is 0 Å². The maximum Gasteiger partial charge on any atom is 0.407 e. The van der Waals surface area contributed by atoms with Crippen LogP contribution in [-0.4, -0.2) is 11.1 Å². The summed E-state index contributed by atoms with van der Waals surface area (Å²) in [6, 6.07) is 13.3. The number of amides is 1. The van der Waals surface area contributed by atoms with Crippen LogP contribution in [0.4, 0.5) is 4.79 Å². The van der Waals surface area contributed by atoms with Gasteiger partial charge in [0, 0.05) is 18.0 Å². The molecule has 1 atom stereocenters. The third-order valence-electron chi connectivity index (χ3n) is 2.73. The van der Waals surface area contributed by atoms with E-state index in [2.05, 4.69) is 10.3 Å². The molecule has 19 heavy (non-hydrogen) atoms. The van der Waals surface area contributed by atoms with Gasteiger partial charge in [-0.2, -0.15) is 0 Å². The van der Waals surface area contributed by atoms with E-state index in [1.54, 1.807) is 12.4 Å². The second-order valence-corrected chi connectivity index (χ2v) is 4.21. The Morgan fingerprint density at radius 2 is 2.05 bits per heavy atom. The third-order valence-corrected chi connectivity index (χ3v) is 2.73. The molecule has 0 saturated carbocycles. The minimum absolute atomic E-state index is 0.0809. The van der Waals surface area contributed by atoms with Gasteiger partial charge in [0.05, 0.1) is 6.04 Å². The summed E-state index contributed by atoms with van der Waals surface area (Å²) in [6.45, 7) is 2.14. The van der Waals surface area contributed by atoms with Gasteiger partial charge in [-0.3, -0.25) is 4.98 Å². The molecule has 0 bridgehead atoms. The average molecular weight is 256 g/mol.